The van der Waals surface area contributed by atoms with Crippen molar-refractivity contribution in [2.75, 3.05) is 11.9 Å². The van der Waals surface area contributed by atoms with Crippen LogP contribution in [0.2, 0.25) is 0 Å². The number of halogens is 1. The van der Waals surface area contributed by atoms with Gasteiger partial charge in [-0.15, -0.1) is 0 Å². The van der Waals surface area contributed by atoms with Crippen molar-refractivity contribution in [3.05, 3.63) is 70.2 Å². The zero-order valence-electron chi connectivity index (χ0n) is 11.7. The Morgan fingerprint density at radius 1 is 1.18 bits per heavy atom. The van der Waals surface area contributed by atoms with Crippen LogP contribution < -0.4 is 5.32 Å². The molecule has 0 unspecified atom stereocenters. The smallest absolute Gasteiger partial charge is 0.272 e. The molecule has 0 amide bonds. The summed E-state index contributed by atoms with van der Waals surface area (Å²) in [5, 5.41) is 14.7. The number of aromatic amines is 1. The van der Waals surface area contributed by atoms with E-state index in [4.69, 9.17) is 0 Å². The molecule has 0 aliphatic carbocycles. The molecular weight excluding hydrogens is 285 g/mol. The van der Waals surface area contributed by atoms with Gasteiger partial charge in [0.2, 0.25) is 0 Å². The van der Waals surface area contributed by atoms with Gasteiger partial charge in [-0.25, -0.2) is 4.39 Å². The van der Waals surface area contributed by atoms with Gasteiger partial charge in [0.1, 0.15) is 0 Å². The maximum absolute atomic E-state index is 13.7. The normalized spacial score (nSPS) is 10.8. The number of hydrogen-bond acceptors (Lipinski definition) is 3. The van der Waals surface area contributed by atoms with E-state index < -0.39 is 10.7 Å². The van der Waals surface area contributed by atoms with Gasteiger partial charge in [0.05, 0.1) is 16.7 Å². The Labute approximate surface area is 125 Å². The summed E-state index contributed by atoms with van der Waals surface area (Å²) in [5.41, 5.74) is 2.13. The van der Waals surface area contributed by atoms with Gasteiger partial charge >= 0.3 is 0 Å². The van der Waals surface area contributed by atoms with Crippen molar-refractivity contribution in [3.63, 3.8) is 0 Å². The Bertz CT molecular complexity index is 796. The van der Waals surface area contributed by atoms with E-state index in [9.17, 15) is 14.5 Å². The van der Waals surface area contributed by atoms with Gasteiger partial charge in [-0.1, -0.05) is 18.2 Å². The minimum atomic E-state index is -0.620. The fourth-order valence-electron chi connectivity index (χ4n) is 2.36. The molecule has 0 saturated heterocycles. The second kappa shape index (κ2) is 5.85. The molecule has 0 bridgehead atoms. The first kappa shape index (κ1) is 14.1. The van der Waals surface area contributed by atoms with Crippen molar-refractivity contribution in [2.24, 2.45) is 0 Å². The second-order valence-electron chi connectivity index (χ2n) is 4.98. The van der Waals surface area contributed by atoms with Crippen molar-refractivity contribution < 1.29 is 9.31 Å². The molecule has 6 heteroatoms. The number of nitro benzene ring substituents is 1. The number of benzene rings is 2. The average Bonchev–Trinajstić information content (AvgIpc) is 2.91. The predicted molar refractivity (Wildman–Crippen MR) is 83.5 cm³/mol. The Morgan fingerprint density at radius 2 is 2.00 bits per heavy atom. The molecule has 0 saturated carbocycles. The standard InChI is InChI=1S/C16H14FN3O2/c17-14-10-13(20(21)22)5-6-16(14)18-8-7-12-9-11-3-1-2-4-15(11)19-12/h1-6,9-10,18-19H,7-8H2. The number of nitro groups is 1. The molecule has 3 rings (SSSR count). The SMILES string of the molecule is O=[N+]([O-])c1ccc(NCCc2cc3ccccc3[nH]2)c(F)c1. The van der Waals surface area contributed by atoms with E-state index in [2.05, 4.69) is 16.4 Å². The number of hydrogen-bond donors (Lipinski definition) is 2. The highest BCUT2D eigenvalue weighted by molar-refractivity contribution is 5.80. The molecular formula is C16H14FN3O2. The molecule has 0 spiro atoms. The first-order valence-electron chi connectivity index (χ1n) is 6.88. The number of aromatic nitrogens is 1. The van der Waals surface area contributed by atoms with Gasteiger partial charge in [0.25, 0.3) is 5.69 Å². The third kappa shape index (κ3) is 2.90. The Morgan fingerprint density at radius 3 is 2.73 bits per heavy atom. The van der Waals surface area contributed by atoms with Crippen LogP contribution in [0.4, 0.5) is 15.8 Å². The minimum absolute atomic E-state index is 0.251. The summed E-state index contributed by atoms with van der Waals surface area (Å²) < 4.78 is 13.7. The van der Waals surface area contributed by atoms with Crippen LogP contribution in [-0.4, -0.2) is 16.5 Å². The Kier molecular flexibility index (Phi) is 3.74. The second-order valence-corrected chi connectivity index (χ2v) is 4.98. The first-order chi connectivity index (χ1) is 10.6. The van der Waals surface area contributed by atoms with Crippen molar-refractivity contribution in [1.29, 1.82) is 0 Å². The molecule has 0 aliphatic rings. The number of fused-ring (bicyclic) bond motifs is 1. The van der Waals surface area contributed by atoms with Crippen LogP contribution >= 0.6 is 0 Å². The number of rotatable bonds is 5. The number of nitrogens with zero attached hydrogens (tertiary/aromatic N) is 1. The quantitative estimate of drug-likeness (QED) is 0.555. The first-order valence-corrected chi connectivity index (χ1v) is 6.88. The maximum atomic E-state index is 13.7. The molecule has 1 aromatic heterocycles. The molecule has 22 heavy (non-hydrogen) atoms. The minimum Gasteiger partial charge on any atom is -0.382 e. The van der Waals surface area contributed by atoms with Crippen molar-refractivity contribution in [2.45, 2.75) is 6.42 Å². The van der Waals surface area contributed by atoms with E-state index >= 15 is 0 Å². The molecule has 0 fully saturated rings. The van der Waals surface area contributed by atoms with Crippen LogP contribution in [0.25, 0.3) is 10.9 Å². The molecule has 0 radical (unpaired) electrons. The summed E-state index contributed by atoms with van der Waals surface area (Å²) in [6.45, 7) is 0.529. The monoisotopic (exact) mass is 299 g/mol. The molecule has 0 aliphatic heterocycles. The average molecular weight is 299 g/mol. The van der Waals surface area contributed by atoms with Gasteiger partial charge in [0, 0.05) is 30.2 Å². The number of para-hydroxylation sites is 1. The highest BCUT2D eigenvalue weighted by Gasteiger charge is 2.10. The van der Waals surface area contributed by atoms with E-state index in [0.29, 0.717) is 13.0 Å². The number of anilines is 1. The summed E-state index contributed by atoms with van der Waals surface area (Å²) >= 11 is 0. The zero-order chi connectivity index (χ0) is 15.5. The molecule has 5 nitrogen and oxygen atoms in total. The molecule has 0 atom stereocenters. The highest BCUT2D eigenvalue weighted by Crippen LogP contribution is 2.20. The lowest BCUT2D eigenvalue weighted by molar-refractivity contribution is -0.385. The van der Waals surface area contributed by atoms with Gasteiger partial charge < -0.3 is 10.3 Å². The number of H-pyrrole nitrogens is 1. The summed E-state index contributed by atoms with van der Waals surface area (Å²) in [5.74, 6) is -0.620. The molecule has 3 aromatic rings. The van der Waals surface area contributed by atoms with E-state index in [-0.39, 0.29) is 11.4 Å². The van der Waals surface area contributed by atoms with Crippen molar-refractivity contribution in [1.82, 2.24) is 4.98 Å². The number of nitrogens with one attached hydrogen (secondary N) is 2. The van der Waals surface area contributed by atoms with E-state index in [0.717, 1.165) is 22.7 Å². The molecule has 2 N–H and O–H groups in total. The van der Waals surface area contributed by atoms with Gasteiger partial charge in [0.15, 0.2) is 5.82 Å². The van der Waals surface area contributed by atoms with Crippen LogP contribution in [-0.2, 0) is 6.42 Å². The van der Waals surface area contributed by atoms with Crippen LogP contribution in [0.1, 0.15) is 5.69 Å². The molecule has 112 valence electrons. The van der Waals surface area contributed by atoms with Crippen LogP contribution in [0, 0.1) is 15.9 Å². The van der Waals surface area contributed by atoms with E-state index in [1.807, 2.05) is 24.3 Å². The van der Waals surface area contributed by atoms with Gasteiger partial charge in [-0.3, -0.25) is 10.1 Å². The topological polar surface area (TPSA) is 71.0 Å². The maximum Gasteiger partial charge on any atom is 0.272 e. The van der Waals surface area contributed by atoms with Crippen LogP contribution in [0.3, 0.4) is 0 Å². The highest BCUT2D eigenvalue weighted by atomic mass is 19.1. The molecule has 1 heterocycles. The predicted octanol–water partition coefficient (Wildman–Crippen LogP) is 3.87. The fraction of sp³-hybridized carbons (Fsp3) is 0.125. The van der Waals surface area contributed by atoms with Crippen molar-refractivity contribution >= 4 is 22.3 Å². The fourth-order valence-corrected chi connectivity index (χ4v) is 2.36. The third-order valence-electron chi connectivity index (χ3n) is 3.46. The largest absolute Gasteiger partial charge is 0.382 e. The van der Waals surface area contributed by atoms with Crippen LogP contribution in [0.15, 0.2) is 48.5 Å². The van der Waals surface area contributed by atoms with Gasteiger partial charge in [-0.05, 0) is 23.6 Å². The summed E-state index contributed by atoms with van der Waals surface area (Å²) in [4.78, 5) is 13.2. The Hall–Kier alpha value is -2.89. The van der Waals surface area contributed by atoms with Crippen molar-refractivity contribution in [3.8, 4) is 0 Å². The lowest BCUT2D eigenvalue weighted by Crippen LogP contribution is -2.06. The summed E-state index contributed by atoms with van der Waals surface area (Å²) in [7, 11) is 0. The number of non-ortho nitro benzene ring substituents is 1. The summed E-state index contributed by atoms with van der Waals surface area (Å²) in [6, 6.07) is 13.6. The third-order valence-corrected chi connectivity index (χ3v) is 3.46. The summed E-state index contributed by atoms with van der Waals surface area (Å²) in [6.07, 6.45) is 0.700. The Balaban J connectivity index is 1.64. The van der Waals surface area contributed by atoms with Gasteiger partial charge in [-0.2, -0.15) is 0 Å². The van der Waals surface area contributed by atoms with E-state index in [1.54, 1.807) is 0 Å². The lowest BCUT2D eigenvalue weighted by atomic mass is 10.2. The lowest BCUT2D eigenvalue weighted by Gasteiger charge is -2.06. The van der Waals surface area contributed by atoms with E-state index in [1.165, 1.54) is 12.1 Å². The van der Waals surface area contributed by atoms with Crippen LogP contribution in [0.5, 0.6) is 0 Å². The molecule has 2 aromatic carbocycles. The zero-order valence-corrected chi connectivity index (χ0v) is 11.7.